The number of furan rings is 1. The predicted molar refractivity (Wildman–Crippen MR) is 76.7 cm³/mol. The first-order valence-electron chi connectivity index (χ1n) is 5.72. The number of nitrogens with zero attached hydrogens (tertiary/aromatic N) is 1. The Labute approximate surface area is 115 Å². The van der Waals surface area contributed by atoms with E-state index in [-0.39, 0.29) is 5.91 Å². The van der Waals surface area contributed by atoms with Crippen LogP contribution in [-0.2, 0) is 0 Å². The van der Waals surface area contributed by atoms with E-state index in [0.717, 1.165) is 5.56 Å². The van der Waals surface area contributed by atoms with Crippen LogP contribution in [0.1, 0.15) is 21.7 Å². The van der Waals surface area contributed by atoms with E-state index >= 15 is 0 Å². The number of benzene rings is 1. The van der Waals surface area contributed by atoms with Gasteiger partial charge in [-0.15, -0.1) is 11.8 Å². The largest absolute Gasteiger partial charge is 0.469 e. The zero-order valence-electron chi connectivity index (χ0n) is 10.7. The minimum absolute atomic E-state index is 0.275. The summed E-state index contributed by atoms with van der Waals surface area (Å²) in [6, 6.07) is 9.53. The summed E-state index contributed by atoms with van der Waals surface area (Å²) in [5.41, 5.74) is 3.90. The van der Waals surface area contributed by atoms with E-state index in [1.807, 2.05) is 30.5 Å². The third-order valence-electron chi connectivity index (χ3n) is 2.60. The second-order valence-electron chi connectivity index (χ2n) is 3.86. The van der Waals surface area contributed by atoms with Crippen molar-refractivity contribution in [1.82, 2.24) is 5.43 Å². The van der Waals surface area contributed by atoms with Crippen LogP contribution in [-0.4, -0.2) is 18.4 Å². The number of hydrogen-bond acceptors (Lipinski definition) is 4. The summed E-state index contributed by atoms with van der Waals surface area (Å²) < 4.78 is 5.06. The normalized spacial score (nSPS) is 10.8. The predicted octanol–water partition coefficient (Wildman–Crippen LogP) is 3.07. The molecular weight excluding hydrogens is 260 g/mol. The smallest absolute Gasteiger partial charge is 0.274 e. The number of thioether (sulfide) groups is 1. The van der Waals surface area contributed by atoms with Crippen LogP contribution in [0.3, 0.4) is 0 Å². The molecule has 0 unspecified atom stereocenters. The third kappa shape index (κ3) is 3.48. The van der Waals surface area contributed by atoms with Gasteiger partial charge in [-0.3, -0.25) is 4.79 Å². The van der Waals surface area contributed by atoms with Crippen LogP contribution in [0.2, 0.25) is 0 Å². The van der Waals surface area contributed by atoms with Gasteiger partial charge in [0, 0.05) is 4.90 Å². The summed E-state index contributed by atoms with van der Waals surface area (Å²) in [5, 5.41) is 3.92. The highest BCUT2D eigenvalue weighted by Gasteiger charge is 2.09. The number of carbonyl (C=O) groups excluding carboxylic acids is 1. The highest BCUT2D eigenvalue weighted by Crippen LogP contribution is 2.14. The number of rotatable bonds is 4. The van der Waals surface area contributed by atoms with Crippen LogP contribution in [0.25, 0.3) is 0 Å². The lowest BCUT2D eigenvalue weighted by molar-refractivity contribution is 0.0953. The van der Waals surface area contributed by atoms with Crippen molar-refractivity contribution in [3.8, 4) is 0 Å². The average molecular weight is 274 g/mol. The van der Waals surface area contributed by atoms with Gasteiger partial charge in [0.05, 0.1) is 18.0 Å². The van der Waals surface area contributed by atoms with Crippen molar-refractivity contribution in [1.29, 1.82) is 0 Å². The molecule has 0 aliphatic carbocycles. The Morgan fingerprint density at radius 1 is 1.32 bits per heavy atom. The lowest BCUT2D eigenvalue weighted by Gasteiger charge is -1.98. The molecule has 1 aromatic heterocycles. The lowest BCUT2D eigenvalue weighted by Crippen LogP contribution is -2.17. The first-order chi connectivity index (χ1) is 9.20. The van der Waals surface area contributed by atoms with E-state index in [1.165, 1.54) is 11.2 Å². The van der Waals surface area contributed by atoms with Crippen LogP contribution >= 0.6 is 11.8 Å². The zero-order chi connectivity index (χ0) is 13.7. The minimum atomic E-state index is -0.275. The standard InChI is InChI=1S/C14H14N2O2S/c1-10-13(7-8-18-10)14(17)16-15-9-11-3-5-12(19-2)6-4-11/h3-9H,1-2H3,(H,16,17)/b15-9-. The lowest BCUT2D eigenvalue weighted by atomic mass is 10.2. The van der Waals surface area contributed by atoms with E-state index in [9.17, 15) is 4.79 Å². The molecule has 1 aromatic carbocycles. The zero-order valence-corrected chi connectivity index (χ0v) is 11.5. The molecule has 2 rings (SSSR count). The highest BCUT2D eigenvalue weighted by molar-refractivity contribution is 7.98. The summed E-state index contributed by atoms with van der Waals surface area (Å²) in [7, 11) is 0. The molecule has 0 fully saturated rings. The van der Waals surface area contributed by atoms with Crippen molar-refractivity contribution in [3.05, 3.63) is 53.5 Å². The summed E-state index contributed by atoms with van der Waals surface area (Å²) in [6.07, 6.45) is 5.11. The molecule has 1 heterocycles. The molecule has 1 amide bonds. The van der Waals surface area contributed by atoms with E-state index in [0.29, 0.717) is 11.3 Å². The van der Waals surface area contributed by atoms with Crippen molar-refractivity contribution in [2.75, 3.05) is 6.26 Å². The molecule has 19 heavy (non-hydrogen) atoms. The van der Waals surface area contributed by atoms with Crippen LogP contribution in [0.5, 0.6) is 0 Å². The van der Waals surface area contributed by atoms with Crippen molar-refractivity contribution in [2.24, 2.45) is 5.10 Å². The SMILES string of the molecule is CSc1ccc(/C=N\NC(=O)c2ccoc2C)cc1. The fourth-order valence-electron chi connectivity index (χ4n) is 1.54. The minimum Gasteiger partial charge on any atom is -0.469 e. The van der Waals surface area contributed by atoms with E-state index < -0.39 is 0 Å². The second-order valence-corrected chi connectivity index (χ2v) is 4.74. The molecule has 1 N–H and O–H groups in total. The number of amides is 1. The third-order valence-corrected chi connectivity index (χ3v) is 3.34. The molecule has 2 aromatic rings. The Morgan fingerprint density at radius 2 is 2.05 bits per heavy atom. The van der Waals surface area contributed by atoms with Gasteiger partial charge in [-0.1, -0.05) is 12.1 Å². The molecule has 5 heteroatoms. The summed E-state index contributed by atoms with van der Waals surface area (Å²) in [6.45, 7) is 1.74. The molecule has 0 saturated heterocycles. The molecular formula is C14H14N2O2S. The Balaban J connectivity index is 1.96. The monoisotopic (exact) mass is 274 g/mol. The van der Waals surface area contributed by atoms with E-state index in [1.54, 1.807) is 31.0 Å². The van der Waals surface area contributed by atoms with Crippen molar-refractivity contribution < 1.29 is 9.21 Å². The molecule has 0 saturated carbocycles. The van der Waals surface area contributed by atoms with Crippen LogP contribution in [0.15, 0.2) is 51.0 Å². The van der Waals surface area contributed by atoms with Crippen LogP contribution in [0, 0.1) is 6.92 Å². The number of hydrogen-bond donors (Lipinski definition) is 1. The van der Waals surface area contributed by atoms with Crippen molar-refractivity contribution >= 4 is 23.9 Å². The Bertz CT molecular complexity index is 588. The Morgan fingerprint density at radius 3 is 2.63 bits per heavy atom. The van der Waals surface area contributed by atoms with Gasteiger partial charge in [-0.25, -0.2) is 5.43 Å². The van der Waals surface area contributed by atoms with E-state index in [4.69, 9.17) is 4.42 Å². The quantitative estimate of drug-likeness (QED) is 0.529. The van der Waals surface area contributed by atoms with Gasteiger partial charge in [0.2, 0.25) is 0 Å². The van der Waals surface area contributed by atoms with Gasteiger partial charge >= 0.3 is 0 Å². The molecule has 0 aliphatic heterocycles. The number of carbonyl (C=O) groups is 1. The maximum atomic E-state index is 11.7. The maximum absolute atomic E-state index is 11.7. The van der Waals surface area contributed by atoms with Crippen molar-refractivity contribution in [3.63, 3.8) is 0 Å². The Hall–Kier alpha value is -2.01. The first kappa shape index (κ1) is 13.4. The average Bonchev–Trinajstić information content (AvgIpc) is 2.86. The molecule has 4 nitrogen and oxygen atoms in total. The van der Waals surface area contributed by atoms with Gasteiger partial charge in [-0.2, -0.15) is 5.10 Å². The van der Waals surface area contributed by atoms with Gasteiger partial charge in [0.1, 0.15) is 5.76 Å². The van der Waals surface area contributed by atoms with Crippen LogP contribution < -0.4 is 5.43 Å². The molecule has 0 aliphatic rings. The molecule has 0 atom stereocenters. The van der Waals surface area contributed by atoms with Gasteiger partial charge in [0.15, 0.2) is 0 Å². The van der Waals surface area contributed by atoms with Gasteiger partial charge < -0.3 is 4.42 Å². The summed E-state index contributed by atoms with van der Waals surface area (Å²) >= 11 is 1.68. The van der Waals surface area contributed by atoms with Crippen molar-refractivity contribution in [2.45, 2.75) is 11.8 Å². The Kier molecular flexibility index (Phi) is 4.41. The highest BCUT2D eigenvalue weighted by atomic mass is 32.2. The van der Waals surface area contributed by atoms with Crippen LogP contribution in [0.4, 0.5) is 0 Å². The number of nitrogens with one attached hydrogen (secondary N) is 1. The number of aryl methyl sites for hydroxylation is 1. The molecule has 0 spiro atoms. The van der Waals surface area contributed by atoms with E-state index in [2.05, 4.69) is 10.5 Å². The summed E-state index contributed by atoms with van der Waals surface area (Å²) in [4.78, 5) is 12.9. The maximum Gasteiger partial charge on any atom is 0.274 e. The fraction of sp³-hybridized carbons (Fsp3) is 0.143. The van der Waals surface area contributed by atoms with Gasteiger partial charge in [0.25, 0.3) is 5.91 Å². The molecule has 98 valence electrons. The molecule has 0 bridgehead atoms. The molecule has 0 radical (unpaired) electrons. The topological polar surface area (TPSA) is 54.6 Å². The summed E-state index contributed by atoms with van der Waals surface area (Å²) in [5.74, 6) is 0.306. The fourth-order valence-corrected chi connectivity index (χ4v) is 1.94. The first-order valence-corrected chi connectivity index (χ1v) is 6.94. The van der Waals surface area contributed by atoms with Gasteiger partial charge in [-0.05, 0) is 36.9 Å². The number of hydrazone groups is 1. The second kappa shape index (κ2) is 6.24.